The molecule has 0 aromatic heterocycles. The van der Waals surface area contributed by atoms with E-state index >= 15 is 0 Å². The number of carbonyl (C=O) groups is 2. The molecule has 0 unspecified atom stereocenters. The van der Waals surface area contributed by atoms with Gasteiger partial charge in [0.2, 0.25) is 5.91 Å². The van der Waals surface area contributed by atoms with Gasteiger partial charge in [-0.1, -0.05) is 18.2 Å². The second kappa shape index (κ2) is 5.75. The molecular weight excluding hydrogens is 278 g/mol. The minimum absolute atomic E-state index is 0.101. The molecule has 1 aromatic carbocycles. The van der Waals surface area contributed by atoms with Crippen LogP contribution in [0, 0.1) is 37.5 Å². The van der Waals surface area contributed by atoms with Gasteiger partial charge >= 0.3 is 0 Å². The Labute approximate surface area is 130 Å². The maximum atomic E-state index is 12.8. The van der Waals surface area contributed by atoms with Crippen LogP contribution in [0.2, 0.25) is 0 Å². The summed E-state index contributed by atoms with van der Waals surface area (Å²) < 4.78 is 0. The van der Waals surface area contributed by atoms with Gasteiger partial charge in [0.1, 0.15) is 0 Å². The minimum atomic E-state index is -1.06. The van der Waals surface area contributed by atoms with Gasteiger partial charge in [-0.2, -0.15) is 0 Å². The molecule has 3 aliphatic carbocycles. The van der Waals surface area contributed by atoms with Crippen molar-refractivity contribution in [1.29, 1.82) is 0 Å². The molecule has 2 atom stereocenters. The second-order valence-electron chi connectivity index (χ2n) is 6.80. The van der Waals surface area contributed by atoms with E-state index in [4.69, 9.17) is 0 Å². The fourth-order valence-corrected chi connectivity index (χ4v) is 4.38. The van der Waals surface area contributed by atoms with Crippen molar-refractivity contribution in [3.8, 4) is 0 Å². The minimum Gasteiger partial charge on any atom is -0.550 e. The maximum Gasteiger partial charge on any atom is 0.228 e. The molecule has 1 amide bonds. The Morgan fingerprint density at radius 2 is 1.50 bits per heavy atom. The summed E-state index contributed by atoms with van der Waals surface area (Å²) in [7, 11) is 0. The summed E-state index contributed by atoms with van der Waals surface area (Å²) in [6.07, 6.45) is 3.74. The normalized spacial score (nSPS) is 30.1. The summed E-state index contributed by atoms with van der Waals surface area (Å²) in [4.78, 5) is 24.3. The van der Waals surface area contributed by atoms with Crippen LogP contribution in [0.25, 0.3) is 0 Å². The zero-order valence-corrected chi connectivity index (χ0v) is 13.1. The number of rotatable bonds is 3. The molecule has 0 heterocycles. The van der Waals surface area contributed by atoms with E-state index in [0.29, 0.717) is 0 Å². The molecule has 0 saturated heterocycles. The van der Waals surface area contributed by atoms with Crippen molar-refractivity contribution in [2.24, 2.45) is 23.7 Å². The van der Waals surface area contributed by atoms with E-state index in [1.807, 2.05) is 32.0 Å². The highest BCUT2D eigenvalue weighted by atomic mass is 16.4. The first-order valence-corrected chi connectivity index (χ1v) is 8.07. The van der Waals surface area contributed by atoms with Crippen molar-refractivity contribution < 1.29 is 14.7 Å². The number of carbonyl (C=O) groups excluding carboxylic acids is 2. The second-order valence-corrected chi connectivity index (χ2v) is 6.80. The van der Waals surface area contributed by atoms with Crippen LogP contribution >= 0.6 is 0 Å². The maximum absolute atomic E-state index is 12.8. The molecule has 3 saturated carbocycles. The van der Waals surface area contributed by atoms with Gasteiger partial charge in [0.05, 0.1) is 0 Å². The van der Waals surface area contributed by atoms with Crippen molar-refractivity contribution >= 4 is 17.6 Å². The number of carboxylic acid groups (broad SMARTS) is 1. The summed E-state index contributed by atoms with van der Waals surface area (Å²) >= 11 is 0. The Morgan fingerprint density at radius 3 is 2.00 bits per heavy atom. The van der Waals surface area contributed by atoms with Crippen LogP contribution in [-0.4, -0.2) is 11.9 Å². The summed E-state index contributed by atoms with van der Waals surface area (Å²) in [5.74, 6) is -2.01. The Balaban J connectivity index is 1.86. The number of aryl methyl sites for hydroxylation is 2. The first-order chi connectivity index (χ1) is 10.5. The highest BCUT2D eigenvalue weighted by Gasteiger charge is 2.47. The van der Waals surface area contributed by atoms with Gasteiger partial charge in [-0.3, -0.25) is 4.79 Å². The third kappa shape index (κ3) is 2.51. The van der Waals surface area contributed by atoms with Crippen molar-refractivity contribution in [3.05, 3.63) is 29.3 Å². The molecule has 4 rings (SSSR count). The molecule has 3 fully saturated rings. The van der Waals surface area contributed by atoms with Gasteiger partial charge in [-0.05, 0) is 62.5 Å². The van der Waals surface area contributed by atoms with Gasteiger partial charge in [0.25, 0.3) is 0 Å². The van der Waals surface area contributed by atoms with Crippen LogP contribution in [0.1, 0.15) is 36.8 Å². The van der Waals surface area contributed by atoms with Gasteiger partial charge in [-0.25, -0.2) is 0 Å². The fraction of sp³-hybridized carbons (Fsp3) is 0.556. The SMILES string of the molecule is Cc1cccc(C)c1NC(=O)[C@H]1C2CCC(CC2)[C@@H]1C(=O)[O-]. The van der Waals surface area contributed by atoms with E-state index in [9.17, 15) is 14.7 Å². The Kier molecular flexibility index (Phi) is 3.94. The van der Waals surface area contributed by atoms with Crippen molar-refractivity contribution in [3.63, 3.8) is 0 Å². The Morgan fingerprint density at radius 1 is 1.00 bits per heavy atom. The molecule has 22 heavy (non-hydrogen) atoms. The van der Waals surface area contributed by atoms with Crippen molar-refractivity contribution in [2.75, 3.05) is 5.32 Å². The topological polar surface area (TPSA) is 69.2 Å². The van der Waals surface area contributed by atoms with E-state index in [0.717, 1.165) is 42.5 Å². The molecule has 1 N–H and O–H groups in total. The van der Waals surface area contributed by atoms with Gasteiger partial charge in [0, 0.05) is 23.5 Å². The lowest BCUT2D eigenvalue weighted by Gasteiger charge is -2.48. The zero-order valence-electron chi connectivity index (χ0n) is 13.1. The summed E-state index contributed by atoms with van der Waals surface area (Å²) in [6.45, 7) is 3.90. The molecule has 4 heteroatoms. The average molecular weight is 300 g/mol. The standard InChI is InChI=1S/C18H23NO3/c1-10-4-3-5-11(2)16(10)19-17(20)14-12-6-8-13(9-7-12)15(14)18(21)22/h3-5,12-15H,6-9H2,1-2H3,(H,19,20)(H,21,22)/p-1/t12?,13?,14-,15-/m0/s1. The Bertz CT molecular complexity index is 582. The van der Waals surface area contributed by atoms with Crippen molar-refractivity contribution in [1.82, 2.24) is 0 Å². The molecule has 0 aliphatic heterocycles. The largest absolute Gasteiger partial charge is 0.550 e. The van der Waals surface area contributed by atoms with Gasteiger partial charge in [-0.15, -0.1) is 0 Å². The molecular formula is C18H22NO3-. The number of hydrogen-bond acceptors (Lipinski definition) is 3. The zero-order chi connectivity index (χ0) is 15.9. The van der Waals surface area contributed by atoms with Crippen LogP contribution in [0.5, 0.6) is 0 Å². The quantitative estimate of drug-likeness (QED) is 0.928. The first-order valence-electron chi connectivity index (χ1n) is 8.07. The number of fused-ring (bicyclic) bond motifs is 3. The van der Waals surface area contributed by atoms with Crippen molar-refractivity contribution in [2.45, 2.75) is 39.5 Å². The smallest absolute Gasteiger partial charge is 0.228 e. The molecule has 0 spiro atoms. The van der Waals surface area contributed by atoms with Crippen LogP contribution in [0.4, 0.5) is 5.69 Å². The predicted octanol–water partition coefficient (Wildman–Crippen LogP) is 2.04. The third-order valence-electron chi connectivity index (χ3n) is 5.52. The molecule has 3 aliphatic rings. The number of carboxylic acids is 1. The Hall–Kier alpha value is -1.84. The lowest BCUT2D eigenvalue weighted by molar-refractivity contribution is -0.318. The van der Waals surface area contributed by atoms with E-state index in [1.54, 1.807) is 0 Å². The lowest BCUT2D eigenvalue weighted by Crippen LogP contribution is -2.52. The van der Waals surface area contributed by atoms with E-state index in [-0.39, 0.29) is 17.7 Å². The van der Waals surface area contributed by atoms with Crippen LogP contribution in [0.15, 0.2) is 18.2 Å². The number of aliphatic carboxylic acids is 1. The third-order valence-corrected chi connectivity index (χ3v) is 5.52. The highest BCUT2D eigenvalue weighted by Crippen LogP contribution is 2.49. The molecule has 118 valence electrons. The van der Waals surface area contributed by atoms with Crippen LogP contribution in [0.3, 0.4) is 0 Å². The van der Waals surface area contributed by atoms with E-state index in [2.05, 4.69) is 5.32 Å². The highest BCUT2D eigenvalue weighted by molar-refractivity contribution is 5.96. The predicted molar refractivity (Wildman–Crippen MR) is 82.0 cm³/mol. The number of hydrogen-bond donors (Lipinski definition) is 1. The fourth-order valence-electron chi connectivity index (χ4n) is 4.38. The van der Waals surface area contributed by atoms with E-state index < -0.39 is 17.8 Å². The van der Waals surface area contributed by atoms with E-state index in [1.165, 1.54) is 0 Å². The molecule has 1 aromatic rings. The molecule has 4 nitrogen and oxygen atoms in total. The van der Waals surface area contributed by atoms with Crippen LogP contribution in [-0.2, 0) is 9.59 Å². The summed E-state index contributed by atoms with van der Waals surface area (Å²) in [6, 6.07) is 5.85. The number of benzene rings is 1. The molecule has 2 bridgehead atoms. The monoisotopic (exact) mass is 300 g/mol. The first kappa shape index (κ1) is 15.1. The number of nitrogens with one attached hydrogen (secondary N) is 1. The average Bonchev–Trinajstić information content (AvgIpc) is 2.51. The lowest BCUT2D eigenvalue weighted by atomic mass is 9.58. The number of amides is 1. The van der Waals surface area contributed by atoms with Crippen LogP contribution < -0.4 is 10.4 Å². The van der Waals surface area contributed by atoms with Gasteiger partial charge < -0.3 is 15.2 Å². The number of para-hydroxylation sites is 1. The summed E-state index contributed by atoms with van der Waals surface area (Å²) in [5, 5.41) is 14.5. The molecule has 0 radical (unpaired) electrons. The summed E-state index contributed by atoms with van der Waals surface area (Å²) in [5.41, 5.74) is 2.81. The van der Waals surface area contributed by atoms with Gasteiger partial charge in [0.15, 0.2) is 0 Å². The number of anilines is 1.